The third kappa shape index (κ3) is 32.3. The molecule has 0 saturated heterocycles. The third-order valence-electron chi connectivity index (χ3n) is 16.3. The molecule has 0 N–H and O–H groups in total. The molecule has 0 amide bonds. The van der Waals surface area contributed by atoms with E-state index in [9.17, 15) is 0 Å². The van der Waals surface area contributed by atoms with Crippen molar-refractivity contribution in [3.05, 3.63) is 483 Å². The first-order chi connectivity index (χ1) is 53.3. The summed E-state index contributed by atoms with van der Waals surface area (Å²) in [6.45, 7) is 24.4. The van der Waals surface area contributed by atoms with Gasteiger partial charge in [0.15, 0.2) is 0 Å². The van der Waals surface area contributed by atoms with E-state index in [4.69, 9.17) is 0 Å². The Labute approximate surface area is 651 Å². The Morgan fingerprint density at radius 2 is 0.241 bits per heavy atom. The van der Waals surface area contributed by atoms with Crippen LogP contribution in [0.25, 0.3) is 89.0 Å². The molecule has 0 atom stereocenters. The van der Waals surface area contributed by atoms with Crippen LogP contribution in [-0.4, -0.2) is 0 Å². The maximum absolute atomic E-state index is 2.24. The maximum atomic E-state index is 2.24. The monoisotopic (exact) mass is 1410 g/mol. The number of aryl methyl sites for hydroxylation is 3. The minimum absolute atomic E-state index is 1.26. The second-order valence-electron chi connectivity index (χ2n) is 23.8. The summed E-state index contributed by atoms with van der Waals surface area (Å²) in [6, 6.07) is 159. The van der Waals surface area contributed by atoms with Gasteiger partial charge in [0.1, 0.15) is 0 Å². The van der Waals surface area contributed by atoms with Crippen LogP contribution in [0.4, 0.5) is 0 Å². The molecule has 0 aliphatic carbocycles. The zero-order chi connectivity index (χ0) is 77.3. The molecule has 0 heterocycles. The molecular weight excluding hydrogens is 1300 g/mol. The Kier molecular flexibility index (Phi) is 43.2. The summed E-state index contributed by atoms with van der Waals surface area (Å²) >= 11 is 0. The van der Waals surface area contributed by atoms with Crippen LogP contribution in [0.3, 0.4) is 0 Å². The van der Waals surface area contributed by atoms with Crippen LogP contribution in [0.2, 0.25) is 0 Å². The van der Waals surface area contributed by atoms with Crippen molar-refractivity contribution in [2.24, 2.45) is 0 Å². The third-order valence-corrected chi connectivity index (χ3v) is 16.3. The van der Waals surface area contributed by atoms with Crippen LogP contribution < -0.4 is 0 Å². The van der Waals surface area contributed by atoms with Crippen molar-refractivity contribution in [2.45, 2.75) is 83.1 Å². The molecule has 0 spiro atoms. The van der Waals surface area contributed by atoms with Gasteiger partial charge >= 0.3 is 0 Å². The molecule has 0 aliphatic rings. The quantitative estimate of drug-likeness (QED) is 0.142. The lowest BCUT2D eigenvalue weighted by atomic mass is 9.93. The fourth-order valence-corrected chi connectivity index (χ4v) is 10.9. The average molecular weight is 1410 g/mol. The molecule has 0 aliphatic heterocycles. The van der Waals surface area contributed by atoms with Crippen LogP contribution in [0.5, 0.6) is 0 Å². The van der Waals surface area contributed by atoms with Crippen molar-refractivity contribution in [2.75, 3.05) is 0 Å². The van der Waals surface area contributed by atoms with Gasteiger partial charge in [-0.25, -0.2) is 0 Å². The van der Waals surface area contributed by atoms with E-state index < -0.39 is 0 Å². The highest BCUT2D eigenvalue weighted by Crippen LogP contribution is 2.32. The molecule has 0 unspecified atom stereocenters. The van der Waals surface area contributed by atoms with Crippen LogP contribution in [0, 0.1) is 27.7 Å². The van der Waals surface area contributed by atoms with Gasteiger partial charge in [-0.05, 0) is 128 Å². The Morgan fingerprint density at radius 1 is 0.111 bits per heavy atom. The summed E-state index contributed by atoms with van der Waals surface area (Å²) in [5.41, 5.74) is 25.7. The number of rotatable bonds is 8. The van der Waals surface area contributed by atoms with E-state index in [1.807, 2.05) is 159 Å². The standard InChI is InChI=1S/C19H16.2C18H14.2C12H10.3C7H8.4C2H6/c1-15-18(16-9-4-2-5-10-16)13-8-14-19(15)17-11-6-3-7-12-17;1-3-8-15(9-4-1)17-12-7-13-18(14-17)16-10-5-2-6-11-16;1-3-7-15(8-4-1)17-11-13-18(14-12-17)16-9-5-2-6-10-16;2*1-3-7-11(8-4-1)12-9-5-2-6-10-12;3*1-7-5-3-2-4-6-7;4*1-2/h2-14H,1H3;2*1-14H;2*1-10H;3*2-6H,1H3;4*1-2H3. The smallest absolute Gasteiger partial charge is 0.0149 e. The molecule has 0 heteroatoms. The van der Waals surface area contributed by atoms with Crippen molar-refractivity contribution in [3.63, 3.8) is 0 Å². The average Bonchev–Trinajstić information content (AvgIpc) is 0.812. The molecule has 16 aromatic carbocycles. The van der Waals surface area contributed by atoms with Crippen molar-refractivity contribution in [1.82, 2.24) is 0 Å². The van der Waals surface area contributed by atoms with Gasteiger partial charge in [0.05, 0.1) is 0 Å². The van der Waals surface area contributed by atoms with E-state index in [2.05, 4.69) is 386 Å². The molecule has 16 rings (SSSR count). The van der Waals surface area contributed by atoms with Gasteiger partial charge in [-0.2, -0.15) is 0 Å². The Balaban J connectivity index is 0.000000223. The van der Waals surface area contributed by atoms with Crippen molar-refractivity contribution in [3.8, 4) is 89.0 Å². The summed E-state index contributed by atoms with van der Waals surface area (Å²) in [5.74, 6) is 0. The van der Waals surface area contributed by atoms with Gasteiger partial charge in [0.25, 0.3) is 0 Å². The predicted octanol–water partition coefficient (Wildman–Crippen LogP) is 32.2. The molecule has 0 radical (unpaired) electrons. The normalized spacial score (nSPS) is 9.30. The van der Waals surface area contributed by atoms with Crippen LogP contribution >= 0.6 is 0 Å². The first-order valence-electron chi connectivity index (χ1n) is 38.2. The van der Waals surface area contributed by atoms with E-state index in [0.29, 0.717) is 0 Å². The molecule has 0 aromatic heterocycles. The van der Waals surface area contributed by atoms with Crippen LogP contribution in [0.1, 0.15) is 77.6 Å². The fraction of sp³-hybridized carbons (Fsp3) is 0.111. The minimum Gasteiger partial charge on any atom is -0.0683 e. The molecule has 0 nitrogen and oxygen atoms in total. The van der Waals surface area contributed by atoms with Gasteiger partial charge in [0, 0.05) is 0 Å². The Bertz CT molecular complexity index is 4320. The minimum atomic E-state index is 1.26. The first kappa shape index (κ1) is 86.2. The number of hydrogen-bond donors (Lipinski definition) is 0. The van der Waals surface area contributed by atoms with E-state index in [-0.39, 0.29) is 0 Å². The van der Waals surface area contributed by atoms with Crippen molar-refractivity contribution in [1.29, 1.82) is 0 Å². The van der Waals surface area contributed by atoms with Gasteiger partial charge in [-0.15, -0.1) is 0 Å². The van der Waals surface area contributed by atoms with Gasteiger partial charge in [-0.1, -0.05) is 527 Å². The predicted molar refractivity (Wildman–Crippen MR) is 479 cm³/mol. The summed E-state index contributed by atoms with van der Waals surface area (Å²) < 4.78 is 0. The number of hydrogen-bond acceptors (Lipinski definition) is 0. The molecule has 108 heavy (non-hydrogen) atoms. The lowest BCUT2D eigenvalue weighted by molar-refractivity contribution is 1.45. The highest BCUT2D eigenvalue weighted by molar-refractivity contribution is 5.79. The summed E-state index contributed by atoms with van der Waals surface area (Å²) in [5, 5.41) is 0. The highest BCUT2D eigenvalue weighted by Gasteiger charge is 2.08. The SMILES string of the molecule is CC.CC.CC.CC.Cc1c(-c2ccccc2)cccc1-c1ccccc1.Cc1ccccc1.Cc1ccccc1.Cc1ccccc1.c1ccc(-c2ccc(-c3ccccc3)cc2)cc1.c1ccc(-c2cccc(-c3ccccc3)c2)cc1.c1ccc(-c2ccccc2)cc1.c1ccc(-c2ccccc2)cc1. The van der Waals surface area contributed by atoms with E-state index >= 15 is 0 Å². The van der Waals surface area contributed by atoms with Crippen LogP contribution in [-0.2, 0) is 0 Å². The molecule has 0 fully saturated rings. The molecule has 0 saturated carbocycles. The van der Waals surface area contributed by atoms with Gasteiger partial charge in [-0.3, -0.25) is 0 Å². The zero-order valence-electron chi connectivity index (χ0n) is 65.9. The Hall–Kier alpha value is -12.5. The fourth-order valence-electron chi connectivity index (χ4n) is 10.9. The van der Waals surface area contributed by atoms with E-state index in [0.717, 1.165) is 0 Å². The summed E-state index contributed by atoms with van der Waals surface area (Å²) in [7, 11) is 0. The van der Waals surface area contributed by atoms with E-state index in [1.165, 1.54) is 111 Å². The molecule has 544 valence electrons. The summed E-state index contributed by atoms with van der Waals surface area (Å²) in [4.78, 5) is 0. The van der Waals surface area contributed by atoms with Crippen molar-refractivity contribution >= 4 is 0 Å². The van der Waals surface area contributed by atoms with Crippen LogP contribution in [0.15, 0.2) is 461 Å². The Morgan fingerprint density at radius 3 is 0.407 bits per heavy atom. The zero-order valence-corrected chi connectivity index (χ0v) is 65.9. The lowest BCUT2D eigenvalue weighted by Gasteiger charge is -2.11. The van der Waals surface area contributed by atoms with Gasteiger partial charge in [0.2, 0.25) is 0 Å². The first-order valence-corrected chi connectivity index (χ1v) is 38.2. The topological polar surface area (TPSA) is 0 Å². The lowest BCUT2D eigenvalue weighted by Crippen LogP contribution is -1.87. The highest BCUT2D eigenvalue weighted by atomic mass is 14.1. The second-order valence-corrected chi connectivity index (χ2v) is 23.8. The summed E-state index contributed by atoms with van der Waals surface area (Å²) in [6.07, 6.45) is 0. The molecule has 16 aromatic rings. The van der Waals surface area contributed by atoms with Gasteiger partial charge < -0.3 is 0 Å². The second kappa shape index (κ2) is 54.2. The largest absolute Gasteiger partial charge is 0.0683 e. The van der Waals surface area contributed by atoms with E-state index in [1.54, 1.807) is 0 Å². The number of benzene rings is 16. The molecule has 0 bridgehead atoms. The molecular formula is C108H112. The van der Waals surface area contributed by atoms with Crippen molar-refractivity contribution < 1.29 is 0 Å². The maximum Gasteiger partial charge on any atom is -0.0149 e.